The highest BCUT2D eigenvalue weighted by Crippen LogP contribution is 2.39. The van der Waals surface area contributed by atoms with E-state index >= 15 is 0 Å². The van der Waals surface area contributed by atoms with Crippen molar-refractivity contribution < 1.29 is 23.8 Å². The molecule has 0 spiro atoms. The van der Waals surface area contributed by atoms with Crippen LogP contribution in [-0.2, 0) is 4.79 Å². The molecule has 2 aromatic carbocycles. The molecule has 30 heavy (non-hydrogen) atoms. The first-order valence-corrected chi connectivity index (χ1v) is 9.78. The van der Waals surface area contributed by atoms with E-state index in [2.05, 4.69) is 15.6 Å². The zero-order valence-corrected chi connectivity index (χ0v) is 17.8. The molecule has 0 aliphatic carbocycles. The number of rotatable bonds is 7. The van der Waals surface area contributed by atoms with Crippen molar-refractivity contribution >= 4 is 34.5 Å². The Kier molecular flexibility index (Phi) is 6.53. The Balaban J connectivity index is 1.84. The number of carbonyl (C=O) groups excluding carboxylic acids is 2. The summed E-state index contributed by atoms with van der Waals surface area (Å²) in [5.41, 5.74) is 1.95. The molecule has 3 aromatic rings. The summed E-state index contributed by atoms with van der Waals surface area (Å²) >= 11 is 1.32. The molecule has 0 radical (unpaired) electrons. The third-order valence-corrected chi connectivity index (χ3v) is 5.01. The number of thiazole rings is 1. The predicted octanol–water partition coefficient (Wildman–Crippen LogP) is 4.05. The number of hydrogen-bond donors (Lipinski definition) is 2. The van der Waals surface area contributed by atoms with Gasteiger partial charge in [0.1, 0.15) is 16.5 Å². The number of amides is 2. The number of ether oxygens (including phenoxy) is 3. The van der Waals surface area contributed by atoms with Crippen LogP contribution in [-0.4, -0.2) is 38.1 Å². The van der Waals surface area contributed by atoms with Gasteiger partial charge in [-0.1, -0.05) is 6.07 Å². The highest BCUT2D eigenvalue weighted by Gasteiger charge is 2.18. The van der Waals surface area contributed by atoms with E-state index in [1.54, 1.807) is 43.9 Å². The summed E-state index contributed by atoms with van der Waals surface area (Å²) in [4.78, 5) is 28.5. The summed E-state index contributed by atoms with van der Waals surface area (Å²) in [5, 5.41) is 7.75. The van der Waals surface area contributed by atoms with Crippen molar-refractivity contribution in [2.75, 3.05) is 32.0 Å². The number of hydrogen-bond acceptors (Lipinski definition) is 7. The van der Waals surface area contributed by atoms with Gasteiger partial charge < -0.3 is 24.8 Å². The number of nitrogens with one attached hydrogen (secondary N) is 2. The van der Waals surface area contributed by atoms with Crippen molar-refractivity contribution in [2.24, 2.45) is 0 Å². The smallest absolute Gasteiger partial charge is 0.275 e. The number of benzene rings is 2. The Morgan fingerprint density at radius 1 is 0.967 bits per heavy atom. The zero-order valence-electron chi connectivity index (χ0n) is 16.9. The van der Waals surface area contributed by atoms with E-state index in [4.69, 9.17) is 14.2 Å². The molecular weight excluding hydrogens is 406 g/mol. The lowest BCUT2D eigenvalue weighted by Gasteiger charge is -2.11. The molecule has 0 saturated carbocycles. The van der Waals surface area contributed by atoms with Gasteiger partial charge >= 0.3 is 0 Å². The summed E-state index contributed by atoms with van der Waals surface area (Å²) in [6.07, 6.45) is 0. The van der Waals surface area contributed by atoms with Gasteiger partial charge in [-0.15, -0.1) is 11.3 Å². The summed E-state index contributed by atoms with van der Waals surface area (Å²) in [6, 6.07) is 10.4. The van der Waals surface area contributed by atoms with Crippen molar-refractivity contribution in [3.8, 4) is 27.8 Å². The number of methoxy groups -OCH3 is 3. The minimum atomic E-state index is -0.377. The van der Waals surface area contributed by atoms with Gasteiger partial charge in [-0.05, 0) is 30.3 Å². The molecule has 156 valence electrons. The SMILES string of the molecule is COc1ccc(NC(=O)c2csc(-c3cccc(OC)c3OC)n2)cc1NC(C)=O. The summed E-state index contributed by atoms with van der Waals surface area (Å²) in [5.74, 6) is 1.01. The van der Waals surface area contributed by atoms with E-state index in [9.17, 15) is 9.59 Å². The fourth-order valence-electron chi connectivity index (χ4n) is 2.83. The van der Waals surface area contributed by atoms with Gasteiger partial charge in [0, 0.05) is 18.0 Å². The Morgan fingerprint density at radius 3 is 2.40 bits per heavy atom. The van der Waals surface area contributed by atoms with Gasteiger partial charge in [0.15, 0.2) is 11.5 Å². The second kappa shape index (κ2) is 9.27. The average molecular weight is 427 g/mol. The first-order chi connectivity index (χ1) is 14.5. The number of nitrogens with zero attached hydrogens (tertiary/aromatic N) is 1. The van der Waals surface area contributed by atoms with Gasteiger partial charge in [0.05, 0.1) is 32.6 Å². The number of para-hydroxylation sites is 1. The molecule has 8 nitrogen and oxygen atoms in total. The number of anilines is 2. The topological polar surface area (TPSA) is 98.8 Å². The van der Waals surface area contributed by atoms with Crippen LogP contribution in [0.3, 0.4) is 0 Å². The van der Waals surface area contributed by atoms with Crippen LogP contribution in [0, 0.1) is 0 Å². The predicted molar refractivity (Wildman–Crippen MR) is 116 cm³/mol. The van der Waals surface area contributed by atoms with E-state index in [1.165, 1.54) is 25.4 Å². The Hall–Kier alpha value is -3.59. The first-order valence-electron chi connectivity index (χ1n) is 8.90. The van der Waals surface area contributed by atoms with Crippen molar-refractivity contribution in [2.45, 2.75) is 6.92 Å². The molecule has 1 heterocycles. The first kappa shape index (κ1) is 21.1. The van der Waals surface area contributed by atoms with Crippen LogP contribution < -0.4 is 24.8 Å². The molecule has 0 bridgehead atoms. The third-order valence-electron chi connectivity index (χ3n) is 4.14. The second-order valence-corrected chi connectivity index (χ2v) is 6.99. The lowest BCUT2D eigenvalue weighted by Crippen LogP contribution is -2.13. The maximum absolute atomic E-state index is 12.7. The molecule has 0 atom stereocenters. The van der Waals surface area contributed by atoms with Crippen molar-refractivity contribution in [1.29, 1.82) is 0 Å². The van der Waals surface area contributed by atoms with Crippen molar-refractivity contribution in [3.63, 3.8) is 0 Å². The highest BCUT2D eigenvalue weighted by atomic mass is 32.1. The molecule has 3 rings (SSSR count). The molecule has 0 unspecified atom stereocenters. The zero-order chi connectivity index (χ0) is 21.7. The quantitative estimate of drug-likeness (QED) is 0.590. The van der Waals surface area contributed by atoms with E-state index in [0.29, 0.717) is 33.6 Å². The summed E-state index contributed by atoms with van der Waals surface area (Å²) in [7, 11) is 4.62. The average Bonchev–Trinajstić information content (AvgIpc) is 3.23. The van der Waals surface area contributed by atoms with E-state index in [1.807, 2.05) is 12.1 Å². The van der Waals surface area contributed by atoms with Crippen LogP contribution in [0.2, 0.25) is 0 Å². The summed E-state index contributed by atoms with van der Waals surface area (Å²) < 4.78 is 16.0. The minimum absolute atomic E-state index is 0.242. The fraction of sp³-hybridized carbons (Fsp3) is 0.190. The fourth-order valence-corrected chi connectivity index (χ4v) is 3.65. The standard InChI is InChI=1S/C21H21N3O5S/c1-12(25)22-15-10-13(8-9-17(15)27-2)23-20(26)16-11-30-21(24-16)14-6-5-7-18(28-3)19(14)29-4/h5-11H,1-4H3,(H,22,25)(H,23,26). The van der Waals surface area contributed by atoms with E-state index in [-0.39, 0.29) is 17.5 Å². The number of aromatic nitrogens is 1. The van der Waals surface area contributed by atoms with Gasteiger partial charge in [-0.2, -0.15) is 0 Å². The largest absolute Gasteiger partial charge is 0.495 e. The Bertz CT molecular complexity index is 1080. The van der Waals surface area contributed by atoms with E-state index < -0.39 is 0 Å². The molecule has 9 heteroatoms. The van der Waals surface area contributed by atoms with Crippen LogP contribution in [0.5, 0.6) is 17.2 Å². The van der Waals surface area contributed by atoms with Crippen LogP contribution >= 0.6 is 11.3 Å². The molecule has 1 aromatic heterocycles. The maximum Gasteiger partial charge on any atom is 0.275 e. The van der Waals surface area contributed by atoms with Crippen LogP contribution in [0.1, 0.15) is 17.4 Å². The van der Waals surface area contributed by atoms with E-state index in [0.717, 1.165) is 5.56 Å². The van der Waals surface area contributed by atoms with Gasteiger partial charge in [0.2, 0.25) is 5.91 Å². The molecule has 0 aliphatic rings. The maximum atomic E-state index is 12.7. The molecule has 0 fully saturated rings. The lowest BCUT2D eigenvalue weighted by molar-refractivity contribution is -0.114. The molecule has 0 saturated heterocycles. The molecule has 2 amide bonds. The summed E-state index contributed by atoms with van der Waals surface area (Å²) in [6.45, 7) is 1.40. The van der Waals surface area contributed by atoms with Crippen molar-refractivity contribution in [1.82, 2.24) is 4.98 Å². The second-order valence-electron chi connectivity index (χ2n) is 6.13. The molecule has 0 aliphatic heterocycles. The third kappa shape index (κ3) is 4.52. The van der Waals surface area contributed by atoms with Crippen LogP contribution in [0.25, 0.3) is 10.6 Å². The van der Waals surface area contributed by atoms with Crippen molar-refractivity contribution in [3.05, 3.63) is 47.5 Å². The Morgan fingerprint density at radius 2 is 1.73 bits per heavy atom. The van der Waals surface area contributed by atoms with Gasteiger partial charge in [0.25, 0.3) is 5.91 Å². The van der Waals surface area contributed by atoms with Gasteiger partial charge in [-0.3, -0.25) is 9.59 Å². The monoisotopic (exact) mass is 427 g/mol. The minimum Gasteiger partial charge on any atom is -0.495 e. The molecule has 2 N–H and O–H groups in total. The van der Waals surface area contributed by atoms with Gasteiger partial charge in [-0.25, -0.2) is 4.98 Å². The normalized spacial score (nSPS) is 10.3. The van der Waals surface area contributed by atoms with Crippen LogP contribution in [0.4, 0.5) is 11.4 Å². The molecular formula is C21H21N3O5S. The van der Waals surface area contributed by atoms with Crippen LogP contribution in [0.15, 0.2) is 41.8 Å². The highest BCUT2D eigenvalue weighted by molar-refractivity contribution is 7.13. The number of carbonyl (C=O) groups is 2. The lowest BCUT2D eigenvalue weighted by atomic mass is 10.2. The Labute approximate surface area is 177 Å².